The average molecular weight is 479 g/mol. The highest BCUT2D eigenvalue weighted by atomic mass is 16.5. The second-order valence-corrected chi connectivity index (χ2v) is 10.7. The fourth-order valence-electron chi connectivity index (χ4n) is 5.16. The third-order valence-corrected chi connectivity index (χ3v) is 7.52. The lowest BCUT2D eigenvalue weighted by Gasteiger charge is -2.26. The maximum atomic E-state index is 9.69. The van der Waals surface area contributed by atoms with Crippen molar-refractivity contribution in [1.29, 1.82) is 0 Å². The molecule has 0 spiro atoms. The summed E-state index contributed by atoms with van der Waals surface area (Å²) in [4.78, 5) is 10.3. The molecular weight excluding hydrogens is 436 g/mol. The van der Waals surface area contributed by atoms with E-state index < -0.39 is 0 Å². The van der Waals surface area contributed by atoms with Crippen LogP contribution in [0.5, 0.6) is 0 Å². The number of H-pyrrole nitrogens is 1. The number of aliphatic hydroxyl groups is 1. The van der Waals surface area contributed by atoms with Crippen molar-refractivity contribution in [3.8, 4) is 11.1 Å². The van der Waals surface area contributed by atoms with Crippen LogP contribution in [0.4, 0.5) is 0 Å². The van der Waals surface area contributed by atoms with Crippen molar-refractivity contribution >= 4 is 11.0 Å². The molecule has 3 heterocycles. The van der Waals surface area contributed by atoms with Crippen molar-refractivity contribution in [1.82, 2.24) is 20.2 Å². The van der Waals surface area contributed by atoms with Crippen molar-refractivity contribution in [2.45, 2.75) is 52.1 Å². The Bertz CT molecular complexity index is 1100. The van der Waals surface area contributed by atoms with Crippen molar-refractivity contribution in [2.24, 2.45) is 11.8 Å². The molecule has 2 aromatic heterocycles. The van der Waals surface area contributed by atoms with Crippen molar-refractivity contribution in [2.75, 3.05) is 40.5 Å². The number of hydrogen-bond donors (Lipinski definition) is 3. The summed E-state index contributed by atoms with van der Waals surface area (Å²) in [6, 6.07) is 9.37. The van der Waals surface area contributed by atoms with Crippen LogP contribution in [0.3, 0.4) is 0 Å². The summed E-state index contributed by atoms with van der Waals surface area (Å²) in [5, 5.41) is 14.5. The molecular formula is C29H42N4O2. The monoisotopic (exact) mass is 478 g/mol. The van der Waals surface area contributed by atoms with Gasteiger partial charge >= 0.3 is 0 Å². The molecule has 1 fully saturated rings. The largest absolute Gasteiger partial charge is 0.396 e. The van der Waals surface area contributed by atoms with E-state index in [1.54, 1.807) is 0 Å². The molecule has 3 aromatic rings. The van der Waals surface area contributed by atoms with Crippen LogP contribution < -0.4 is 5.32 Å². The second-order valence-electron chi connectivity index (χ2n) is 10.7. The van der Waals surface area contributed by atoms with E-state index in [-0.39, 0.29) is 18.6 Å². The number of hydrogen-bond acceptors (Lipinski definition) is 5. The highest BCUT2D eigenvalue weighted by Crippen LogP contribution is 2.34. The third-order valence-electron chi connectivity index (χ3n) is 7.52. The maximum Gasteiger partial charge on any atom is 0.137 e. The number of fused-ring (bicyclic) bond motifs is 1. The summed E-state index contributed by atoms with van der Waals surface area (Å²) in [5.74, 6) is 1.27. The zero-order valence-corrected chi connectivity index (χ0v) is 22.0. The SMILES string of the molecule is CC(NCC(CO)C(C)C)c1c[nH]c2ncc(-c3ccc(C4CCOCC4)c(CN(C)C)c3)cc12. The lowest BCUT2D eigenvalue weighted by molar-refractivity contribution is 0.0850. The van der Waals surface area contributed by atoms with Gasteiger partial charge in [0, 0.05) is 62.3 Å². The predicted octanol–water partition coefficient (Wildman–Crippen LogP) is 5.10. The number of pyridine rings is 1. The number of nitrogens with zero attached hydrogens (tertiary/aromatic N) is 2. The molecule has 1 aliphatic heterocycles. The van der Waals surface area contributed by atoms with Crippen molar-refractivity contribution in [3.05, 3.63) is 53.3 Å². The van der Waals surface area contributed by atoms with Gasteiger partial charge in [-0.15, -0.1) is 0 Å². The van der Waals surface area contributed by atoms with Crippen molar-refractivity contribution < 1.29 is 9.84 Å². The predicted molar refractivity (Wildman–Crippen MR) is 144 cm³/mol. The average Bonchev–Trinajstić information content (AvgIpc) is 3.27. The third kappa shape index (κ3) is 6.12. The Morgan fingerprint density at radius 1 is 1.14 bits per heavy atom. The Hall–Kier alpha value is -2.25. The van der Waals surface area contributed by atoms with E-state index in [4.69, 9.17) is 9.72 Å². The zero-order valence-electron chi connectivity index (χ0n) is 22.0. The number of aliphatic hydroxyl groups excluding tert-OH is 1. The number of nitrogens with one attached hydrogen (secondary N) is 2. The normalized spacial score (nSPS) is 16.9. The van der Waals surface area contributed by atoms with E-state index in [0.29, 0.717) is 11.8 Å². The number of benzene rings is 1. The fourth-order valence-corrected chi connectivity index (χ4v) is 5.16. The molecule has 4 rings (SSSR count). The standard InChI is InChI=1S/C29H42N4O2/c1-19(2)25(18-34)15-30-20(3)28-16-32-29-27(28)13-23(14-31-29)22-6-7-26(21-8-10-35-11-9-21)24(12-22)17-33(4)5/h6-7,12-14,16,19-21,25,30,34H,8-11,15,17-18H2,1-5H3,(H,31,32). The molecule has 190 valence electrons. The van der Waals surface area contributed by atoms with Gasteiger partial charge < -0.3 is 25.0 Å². The molecule has 3 N–H and O–H groups in total. The van der Waals surface area contributed by atoms with Gasteiger partial charge in [-0.3, -0.25) is 0 Å². The lowest BCUT2D eigenvalue weighted by Crippen LogP contribution is -2.30. The molecule has 6 nitrogen and oxygen atoms in total. The van der Waals surface area contributed by atoms with Crippen LogP contribution in [0.2, 0.25) is 0 Å². The topological polar surface area (TPSA) is 73.4 Å². The summed E-state index contributed by atoms with van der Waals surface area (Å²) in [6.45, 7) is 10.1. The first-order chi connectivity index (χ1) is 16.9. The highest BCUT2D eigenvalue weighted by Gasteiger charge is 2.21. The van der Waals surface area contributed by atoms with Crippen LogP contribution >= 0.6 is 0 Å². The highest BCUT2D eigenvalue weighted by molar-refractivity contribution is 5.85. The smallest absolute Gasteiger partial charge is 0.137 e. The molecule has 1 aromatic carbocycles. The van der Waals surface area contributed by atoms with Gasteiger partial charge in [0.25, 0.3) is 0 Å². The summed E-state index contributed by atoms with van der Waals surface area (Å²) in [6.07, 6.45) is 6.23. The molecule has 0 radical (unpaired) electrons. The van der Waals surface area contributed by atoms with Gasteiger partial charge in [-0.1, -0.05) is 26.0 Å². The molecule has 2 unspecified atom stereocenters. The Kier molecular flexibility index (Phi) is 8.60. The van der Waals surface area contributed by atoms with Gasteiger partial charge in [0.15, 0.2) is 0 Å². The molecule has 0 bridgehead atoms. The van der Waals surface area contributed by atoms with Crippen molar-refractivity contribution in [3.63, 3.8) is 0 Å². The van der Waals surface area contributed by atoms with Crippen LogP contribution in [0.25, 0.3) is 22.2 Å². The summed E-state index contributed by atoms with van der Waals surface area (Å²) < 4.78 is 5.61. The van der Waals surface area contributed by atoms with Crippen LogP contribution in [-0.4, -0.2) is 60.4 Å². The van der Waals surface area contributed by atoms with Gasteiger partial charge in [0.05, 0.1) is 0 Å². The maximum absolute atomic E-state index is 9.69. The Balaban J connectivity index is 1.62. The van der Waals surface area contributed by atoms with Gasteiger partial charge in [-0.2, -0.15) is 0 Å². The second kappa shape index (κ2) is 11.7. The van der Waals surface area contributed by atoms with E-state index in [1.165, 1.54) is 22.3 Å². The number of aromatic nitrogens is 2. The summed E-state index contributed by atoms with van der Waals surface area (Å²) >= 11 is 0. The van der Waals surface area contributed by atoms with Gasteiger partial charge in [0.2, 0.25) is 0 Å². The van der Waals surface area contributed by atoms with Gasteiger partial charge in [-0.25, -0.2) is 4.98 Å². The van der Waals surface area contributed by atoms with Crippen LogP contribution in [0, 0.1) is 11.8 Å². The first-order valence-electron chi connectivity index (χ1n) is 13.0. The minimum Gasteiger partial charge on any atom is -0.396 e. The molecule has 1 aliphatic rings. The van der Waals surface area contributed by atoms with Gasteiger partial charge in [0.1, 0.15) is 5.65 Å². The molecule has 0 saturated carbocycles. The van der Waals surface area contributed by atoms with E-state index in [0.717, 1.165) is 55.7 Å². The van der Waals surface area contributed by atoms with Crippen LogP contribution in [0.1, 0.15) is 62.3 Å². The Labute approximate surface area is 210 Å². The minimum absolute atomic E-state index is 0.161. The molecule has 6 heteroatoms. The fraction of sp³-hybridized carbons (Fsp3) is 0.552. The zero-order chi connectivity index (χ0) is 24.9. The summed E-state index contributed by atoms with van der Waals surface area (Å²) in [7, 11) is 4.27. The van der Waals surface area contributed by atoms with E-state index in [2.05, 4.69) is 80.5 Å². The minimum atomic E-state index is 0.161. The lowest BCUT2D eigenvalue weighted by atomic mass is 9.86. The van der Waals surface area contributed by atoms with Crippen LogP contribution in [0.15, 0.2) is 36.7 Å². The quantitative estimate of drug-likeness (QED) is 0.378. The Morgan fingerprint density at radius 3 is 2.60 bits per heavy atom. The number of ether oxygens (including phenoxy) is 1. The first kappa shape index (κ1) is 25.8. The van der Waals surface area contributed by atoms with E-state index in [9.17, 15) is 5.11 Å². The number of rotatable bonds is 10. The summed E-state index contributed by atoms with van der Waals surface area (Å²) in [5.41, 5.74) is 7.32. The first-order valence-corrected chi connectivity index (χ1v) is 13.0. The molecule has 1 saturated heterocycles. The Morgan fingerprint density at radius 2 is 1.91 bits per heavy atom. The molecule has 35 heavy (non-hydrogen) atoms. The molecule has 0 aliphatic carbocycles. The van der Waals surface area contributed by atoms with Gasteiger partial charge in [-0.05, 0) is 86.0 Å². The van der Waals surface area contributed by atoms with E-state index >= 15 is 0 Å². The number of aromatic amines is 1. The molecule has 2 atom stereocenters. The van der Waals surface area contributed by atoms with E-state index in [1.807, 2.05) is 6.20 Å². The van der Waals surface area contributed by atoms with Crippen LogP contribution in [-0.2, 0) is 11.3 Å². The molecule has 0 amide bonds.